The summed E-state index contributed by atoms with van der Waals surface area (Å²) in [5.41, 5.74) is 26.4. The van der Waals surface area contributed by atoms with Gasteiger partial charge in [-0.2, -0.15) is 0 Å². The molecule has 12 aromatic rings. The Morgan fingerprint density at radius 3 is 0.800 bits per heavy atom. The van der Waals surface area contributed by atoms with Crippen LogP contribution in [-0.2, 0) is 6.42 Å². The Balaban J connectivity index is 0.885. The van der Waals surface area contributed by atoms with Gasteiger partial charge in [0, 0.05) is 34.1 Å². The van der Waals surface area contributed by atoms with Crippen molar-refractivity contribution in [1.82, 2.24) is 0 Å². The average Bonchev–Trinajstić information content (AvgIpc) is 3.89. The molecule has 0 spiro atoms. The zero-order valence-electron chi connectivity index (χ0n) is 41.5. The Morgan fingerprint density at radius 1 is 0.187 bits per heavy atom. The number of benzene rings is 12. The third kappa shape index (κ3) is 9.00. The first kappa shape index (κ1) is 45.1. The molecular weight excluding hydrogens is 905 g/mol. The van der Waals surface area contributed by atoms with Crippen LogP contribution in [0.4, 0.5) is 34.1 Å². The van der Waals surface area contributed by atoms with E-state index >= 15 is 0 Å². The molecule has 0 aliphatic heterocycles. The second kappa shape index (κ2) is 20.0. The van der Waals surface area contributed by atoms with Crippen LogP contribution in [-0.4, -0.2) is 0 Å². The summed E-state index contributed by atoms with van der Waals surface area (Å²) in [4.78, 5) is 4.73. The highest BCUT2D eigenvalue weighted by molar-refractivity contribution is 5.95. The second-order valence-corrected chi connectivity index (χ2v) is 19.3. The molecule has 1 aliphatic carbocycles. The fourth-order valence-electron chi connectivity index (χ4n) is 11.0. The summed E-state index contributed by atoms with van der Waals surface area (Å²) in [6.45, 7) is 0. The number of rotatable bonds is 12. The summed E-state index contributed by atoms with van der Waals surface area (Å²) in [6, 6.07) is 110. The summed E-state index contributed by atoms with van der Waals surface area (Å²) in [5, 5.41) is 0. The minimum Gasteiger partial charge on any atom is -0.311 e. The molecule has 354 valence electrons. The van der Waals surface area contributed by atoms with E-state index in [4.69, 9.17) is 0 Å². The average molecular weight is 957 g/mol. The molecule has 75 heavy (non-hydrogen) atoms. The Morgan fingerprint density at radius 2 is 0.453 bits per heavy atom. The van der Waals surface area contributed by atoms with E-state index in [0.717, 1.165) is 40.5 Å². The van der Waals surface area contributed by atoms with Crippen LogP contribution in [0, 0.1) is 0 Å². The van der Waals surface area contributed by atoms with E-state index in [1.807, 2.05) is 0 Å². The maximum atomic E-state index is 2.37. The molecule has 0 bridgehead atoms. The SMILES string of the molecule is c1ccc(-c2ccc(N(c3ccc(-c4ccccc4)cc3)c3ccc(-c4ccc5c(c4-c4ccc(N(c6ccc(-c7ccccc7)cc6)c6ccc(-c7ccccc7)cc6)cc4)Cc4ccccc4-5)cc3)cc2)cc1. The molecule has 0 aromatic heterocycles. The van der Waals surface area contributed by atoms with Crippen molar-refractivity contribution >= 4 is 34.1 Å². The third-order valence-corrected chi connectivity index (χ3v) is 14.8. The lowest BCUT2D eigenvalue weighted by atomic mass is 9.87. The Bertz CT molecular complexity index is 3710. The molecule has 0 saturated heterocycles. The van der Waals surface area contributed by atoms with E-state index in [1.165, 1.54) is 89.0 Å². The topological polar surface area (TPSA) is 6.48 Å². The number of fused-ring (bicyclic) bond motifs is 3. The van der Waals surface area contributed by atoms with Crippen molar-refractivity contribution in [3.8, 4) is 77.9 Å². The summed E-state index contributed by atoms with van der Waals surface area (Å²) < 4.78 is 0. The molecular formula is C73H52N2. The van der Waals surface area contributed by atoms with Crippen molar-refractivity contribution in [1.29, 1.82) is 0 Å². The third-order valence-electron chi connectivity index (χ3n) is 14.8. The number of hydrogen-bond acceptors (Lipinski definition) is 2. The Kier molecular flexibility index (Phi) is 12.1. The van der Waals surface area contributed by atoms with Crippen LogP contribution in [0.1, 0.15) is 11.1 Å². The van der Waals surface area contributed by atoms with Gasteiger partial charge < -0.3 is 9.80 Å². The first-order valence-electron chi connectivity index (χ1n) is 25.9. The van der Waals surface area contributed by atoms with Gasteiger partial charge in [-0.25, -0.2) is 0 Å². The van der Waals surface area contributed by atoms with Crippen LogP contribution in [0.5, 0.6) is 0 Å². The quantitative estimate of drug-likeness (QED) is 0.120. The molecule has 1 aliphatic rings. The number of nitrogens with zero attached hydrogens (tertiary/aromatic N) is 2. The largest absolute Gasteiger partial charge is 0.311 e. The van der Waals surface area contributed by atoms with Crippen molar-refractivity contribution in [2.24, 2.45) is 0 Å². The van der Waals surface area contributed by atoms with Gasteiger partial charge in [0.25, 0.3) is 0 Å². The minimum atomic E-state index is 0.883. The second-order valence-electron chi connectivity index (χ2n) is 19.3. The van der Waals surface area contributed by atoms with Gasteiger partial charge in [-0.15, -0.1) is 0 Å². The van der Waals surface area contributed by atoms with Crippen molar-refractivity contribution in [2.45, 2.75) is 6.42 Å². The predicted octanol–water partition coefficient (Wildman–Crippen LogP) is 20.2. The highest BCUT2D eigenvalue weighted by Gasteiger charge is 2.25. The van der Waals surface area contributed by atoms with Gasteiger partial charge >= 0.3 is 0 Å². The fraction of sp³-hybridized carbons (Fsp3) is 0.0137. The van der Waals surface area contributed by atoms with Gasteiger partial charge in [-0.3, -0.25) is 0 Å². The molecule has 2 heteroatoms. The van der Waals surface area contributed by atoms with E-state index < -0.39 is 0 Å². The van der Waals surface area contributed by atoms with Crippen LogP contribution >= 0.6 is 0 Å². The molecule has 0 atom stereocenters. The van der Waals surface area contributed by atoms with Crippen LogP contribution in [0.15, 0.2) is 303 Å². The highest BCUT2D eigenvalue weighted by Crippen LogP contribution is 2.48. The van der Waals surface area contributed by atoms with Crippen molar-refractivity contribution in [3.63, 3.8) is 0 Å². The van der Waals surface area contributed by atoms with Crippen molar-refractivity contribution in [2.75, 3.05) is 9.80 Å². The highest BCUT2D eigenvalue weighted by atomic mass is 15.1. The lowest BCUT2D eigenvalue weighted by Crippen LogP contribution is -2.10. The summed E-state index contributed by atoms with van der Waals surface area (Å²) >= 11 is 0. The first-order chi connectivity index (χ1) is 37.2. The molecule has 12 aromatic carbocycles. The molecule has 0 radical (unpaired) electrons. The normalized spacial score (nSPS) is 11.4. The molecule has 2 nitrogen and oxygen atoms in total. The molecule has 0 fully saturated rings. The van der Waals surface area contributed by atoms with Gasteiger partial charge in [0.05, 0.1) is 0 Å². The monoisotopic (exact) mass is 956 g/mol. The molecule has 13 rings (SSSR count). The van der Waals surface area contributed by atoms with Gasteiger partial charge in [0.15, 0.2) is 0 Å². The maximum absolute atomic E-state index is 2.37. The van der Waals surface area contributed by atoms with Crippen molar-refractivity contribution in [3.05, 3.63) is 314 Å². The van der Waals surface area contributed by atoms with E-state index in [1.54, 1.807) is 0 Å². The standard InChI is InChI=1S/C73H52N2/c1-5-15-52(16-6-1)56-25-37-63(38-26-56)74(64-39-27-57(28-40-64)53-17-7-2-8-18-53)67-45-33-60(34-46-67)70-49-50-71-69-24-14-13-23-62(69)51-72(71)73(70)61-35-47-68(48-36-61)75(65-41-29-58(30-42-65)54-19-9-3-10-20-54)66-43-31-59(32-44-66)55-21-11-4-12-22-55/h1-50H,51H2. The van der Waals surface area contributed by atoms with Crippen LogP contribution in [0.3, 0.4) is 0 Å². The molecule has 0 N–H and O–H groups in total. The summed E-state index contributed by atoms with van der Waals surface area (Å²) in [6.07, 6.45) is 0.883. The van der Waals surface area contributed by atoms with Gasteiger partial charge in [-0.05, 0) is 168 Å². The molecule has 0 amide bonds. The van der Waals surface area contributed by atoms with Gasteiger partial charge in [-0.1, -0.05) is 231 Å². The number of hydrogen-bond donors (Lipinski definition) is 0. The smallest absolute Gasteiger partial charge is 0.0462 e. The van der Waals surface area contributed by atoms with Crippen LogP contribution in [0.2, 0.25) is 0 Å². The van der Waals surface area contributed by atoms with E-state index in [9.17, 15) is 0 Å². The van der Waals surface area contributed by atoms with Crippen molar-refractivity contribution < 1.29 is 0 Å². The van der Waals surface area contributed by atoms with Crippen LogP contribution < -0.4 is 9.80 Å². The summed E-state index contributed by atoms with van der Waals surface area (Å²) in [7, 11) is 0. The zero-order chi connectivity index (χ0) is 49.9. The molecule has 0 unspecified atom stereocenters. The minimum absolute atomic E-state index is 0.883. The Labute approximate surface area is 440 Å². The van der Waals surface area contributed by atoms with E-state index in [-0.39, 0.29) is 0 Å². The predicted molar refractivity (Wildman–Crippen MR) is 317 cm³/mol. The van der Waals surface area contributed by atoms with E-state index in [2.05, 4.69) is 313 Å². The zero-order valence-corrected chi connectivity index (χ0v) is 41.5. The lowest BCUT2D eigenvalue weighted by Gasteiger charge is -2.27. The molecule has 0 heterocycles. The molecule has 0 saturated carbocycles. The fourth-order valence-corrected chi connectivity index (χ4v) is 11.0. The number of anilines is 6. The van der Waals surface area contributed by atoms with Gasteiger partial charge in [0.1, 0.15) is 0 Å². The van der Waals surface area contributed by atoms with E-state index in [0.29, 0.717) is 0 Å². The maximum Gasteiger partial charge on any atom is 0.0462 e. The lowest BCUT2D eigenvalue weighted by molar-refractivity contribution is 1.26. The Hall–Kier alpha value is -9.76. The first-order valence-corrected chi connectivity index (χ1v) is 25.9. The van der Waals surface area contributed by atoms with Crippen LogP contribution in [0.25, 0.3) is 77.9 Å². The van der Waals surface area contributed by atoms with Gasteiger partial charge in [0.2, 0.25) is 0 Å². The summed E-state index contributed by atoms with van der Waals surface area (Å²) in [5.74, 6) is 0.